The first-order chi connectivity index (χ1) is 6.54. The molecule has 0 atom stereocenters. The maximum absolute atomic E-state index is 2.35. The van der Waals surface area contributed by atoms with Gasteiger partial charge in [0.15, 0.2) is 0 Å². The van der Waals surface area contributed by atoms with E-state index < -0.39 is 0 Å². The van der Waals surface area contributed by atoms with Gasteiger partial charge in [-0.1, -0.05) is 62.5 Å². The van der Waals surface area contributed by atoms with Gasteiger partial charge in [-0.3, -0.25) is 0 Å². The Balaban J connectivity index is 2.24. The molecule has 0 aromatic heterocycles. The average Bonchev–Trinajstić information content (AvgIpc) is 2.42. The van der Waals surface area contributed by atoms with Gasteiger partial charge in [0.25, 0.3) is 0 Å². The number of allylic oxidation sites excluding steroid dienone is 1. The predicted molar refractivity (Wildman–Crippen MR) is 65.7 cm³/mol. The van der Waals surface area contributed by atoms with Gasteiger partial charge in [-0.2, -0.15) is 0 Å². The zero-order valence-corrected chi connectivity index (χ0v) is 10.3. The van der Waals surface area contributed by atoms with Crippen molar-refractivity contribution < 1.29 is 0 Å². The summed E-state index contributed by atoms with van der Waals surface area (Å²) < 4.78 is 1.42. The summed E-state index contributed by atoms with van der Waals surface area (Å²) in [6.45, 7) is 6.72. The summed E-state index contributed by atoms with van der Waals surface area (Å²) in [6.07, 6.45) is 2.35. The van der Waals surface area contributed by atoms with E-state index in [4.69, 9.17) is 0 Å². The first-order valence-corrected chi connectivity index (χ1v) is 6.35. The van der Waals surface area contributed by atoms with Crippen molar-refractivity contribution in [3.05, 3.63) is 34.6 Å². The highest BCUT2D eigenvalue weighted by Crippen LogP contribution is 2.51. The van der Waals surface area contributed by atoms with Crippen molar-refractivity contribution in [1.29, 1.82) is 0 Å². The maximum atomic E-state index is 2.35. The quantitative estimate of drug-likeness (QED) is 0.620. The zero-order chi connectivity index (χ0) is 10.2. The summed E-state index contributed by atoms with van der Waals surface area (Å²) in [5, 5.41) is 0. The summed E-state index contributed by atoms with van der Waals surface area (Å²) in [6, 6.07) is 8.59. The first-order valence-electron chi connectivity index (χ1n) is 4.72. The maximum Gasteiger partial charge on any atom is 0.0465 e. The molecule has 0 radical (unpaired) electrons. The Morgan fingerprint density at radius 1 is 1.00 bits per heavy atom. The van der Waals surface area contributed by atoms with E-state index in [0.717, 1.165) is 0 Å². The fraction of sp³-hybridized carbons (Fsp3) is 0.333. The third-order valence-electron chi connectivity index (χ3n) is 1.82. The molecule has 0 aliphatic carbocycles. The van der Waals surface area contributed by atoms with Crippen LogP contribution in [-0.2, 0) is 0 Å². The monoisotopic (exact) mass is 222 g/mol. The van der Waals surface area contributed by atoms with Crippen LogP contribution in [0, 0.1) is 5.41 Å². The van der Waals surface area contributed by atoms with Crippen LogP contribution in [0.15, 0.2) is 44.4 Å². The topological polar surface area (TPSA) is 0 Å². The lowest BCUT2D eigenvalue weighted by molar-refractivity contribution is 0.544. The van der Waals surface area contributed by atoms with E-state index in [9.17, 15) is 0 Å². The Bertz CT molecular complexity index is 345. The second-order valence-corrected chi connectivity index (χ2v) is 6.91. The molecule has 0 saturated heterocycles. The third-order valence-corrected chi connectivity index (χ3v) is 4.24. The van der Waals surface area contributed by atoms with Crippen molar-refractivity contribution in [2.24, 2.45) is 5.41 Å². The van der Waals surface area contributed by atoms with Gasteiger partial charge in [-0.05, 0) is 17.5 Å². The fourth-order valence-corrected chi connectivity index (χ4v) is 4.11. The van der Waals surface area contributed by atoms with Crippen LogP contribution in [0.2, 0.25) is 0 Å². The van der Waals surface area contributed by atoms with Crippen molar-refractivity contribution in [3.8, 4) is 0 Å². The molecule has 14 heavy (non-hydrogen) atoms. The number of fused-ring (bicyclic) bond motifs is 1. The largest absolute Gasteiger partial charge is 0.0819 e. The Labute approximate surface area is 94.2 Å². The number of hydrogen-bond acceptors (Lipinski definition) is 2. The summed E-state index contributed by atoms with van der Waals surface area (Å²) in [7, 11) is 0. The lowest BCUT2D eigenvalue weighted by atomic mass is 9.98. The van der Waals surface area contributed by atoms with E-state index in [1.807, 2.05) is 23.5 Å². The van der Waals surface area contributed by atoms with E-state index in [0.29, 0.717) is 0 Å². The van der Waals surface area contributed by atoms with Crippen molar-refractivity contribution in [3.63, 3.8) is 0 Å². The predicted octanol–water partition coefficient (Wildman–Crippen LogP) is 4.77. The van der Waals surface area contributed by atoms with Gasteiger partial charge in [0.2, 0.25) is 0 Å². The van der Waals surface area contributed by atoms with E-state index in [1.165, 1.54) is 14.0 Å². The second-order valence-electron chi connectivity index (χ2n) is 4.48. The molecule has 0 spiro atoms. The Kier molecular flexibility index (Phi) is 2.67. The molecule has 1 aliphatic rings. The van der Waals surface area contributed by atoms with Crippen molar-refractivity contribution in [1.82, 2.24) is 0 Å². The summed E-state index contributed by atoms with van der Waals surface area (Å²) in [5.74, 6) is 0. The zero-order valence-electron chi connectivity index (χ0n) is 8.70. The van der Waals surface area contributed by atoms with Crippen LogP contribution in [0.5, 0.6) is 0 Å². The molecular formula is C12H14S2. The average molecular weight is 222 g/mol. The SMILES string of the molecule is CC(C)(C)C=C1Sc2ccccc2S1. The van der Waals surface area contributed by atoms with Crippen LogP contribution in [0.4, 0.5) is 0 Å². The van der Waals surface area contributed by atoms with Crippen LogP contribution < -0.4 is 0 Å². The minimum absolute atomic E-state index is 0.275. The van der Waals surface area contributed by atoms with Gasteiger partial charge >= 0.3 is 0 Å². The highest BCUT2D eigenvalue weighted by atomic mass is 32.2. The summed E-state index contributed by atoms with van der Waals surface area (Å²) in [4.78, 5) is 2.79. The molecular weight excluding hydrogens is 208 g/mol. The van der Waals surface area contributed by atoms with Crippen LogP contribution >= 0.6 is 23.5 Å². The van der Waals surface area contributed by atoms with Gasteiger partial charge in [0.1, 0.15) is 0 Å². The minimum atomic E-state index is 0.275. The normalized spacial score (nSPS) is 15.5. The van der Waals surface area contributed by atoms with Gasteiger partial charge in [-0.15, -0.1) is 0 Å². The molecule has 1 aliphatic heterocycles. The molecule has 1 heterocycles. The molecule has 0 unspecified atom stereocenters. The fourth-order valence-electron chi connectivity index (χ4n) is 1.27. The van der Waals surface area contributed by atoms with Gasteiger partial charge in [0.05, 0.1) is 0 Å². The van der Waals surface area contributed by atoms with Gasteiger partial charge in [-0.25, -0.2) is 0 Å². The molecule has 1 aromatic rings. The van der Waals surface area contributed by atoms with Crippen molar-refractivity contribution in [2.75, 3.05) is 0 Å². The lowest BCUT2D eigenvalue weighted by Gasteiger charge is -2.12. The third kappa shape index (κ3) is 2.37. The van der Waals surface area contributed by atoms with Gasteiger partial charge in [0, 0.05) is 14.0 Å². The minimum Gasteiger partial charge on any atom is -0.0819 e. The standard InChI is InChI=1S/C12H14S2/c1-12(2,3)8-11-13-9-6-4-5-7-10(9)14-11/h4-8H,1-3H3. The Hall–Kier alpha value is -0.340. The molecule has 2 heteroatoms. The molecule has 0 nitrogen and oxygen atoms in total. The van der Waals surface area contributed by atoms with E-state index in [2.05, 4.69) is 51.1 Å². The van der Waals surface area contributed by atoms with E-state index in [-0.39, 0.29) is 5.41 Å². The summed E-state index contributed by atoms with van der Waals surface area (Å²) in [5.41, 5.74) is 0.275. The highest BCUT2D eigenvalue weighted by molar-refractivity contribution is 8.24. The number of rotatable bonds is 0. The molecule has 0 fully saturated rings. The Morgan fingerprint density at radius 2 is 1.50 bits per heavy atom. The number of thioether (sulfide) groups is 2. The molecule has 0 N–H and O–H groups in total. The molecule has 1 aromatic carbocycles. The second kappa shape index (κ2) is 3.67. The lowest BCUT2D eigenvalue weighted by Crippen LogP contribution is -1.98. The Morgan fingerprint density at radius 3 is 1.93 bits per heavy atom. The number of hydrogen-bond donors (Lipinski definition) is 0. The molecule has 74 valence electrons. The van der Waals surface area contributed by atoms with E-state index >= 15 is 0 Å². The number of benzene rings is 1. The molecule has 0 amide bonds. The van der Waals surface area contributed by atoms with E-state index in [1.54, 1.807) is 0 Å². The van der Waals surface area contributed by atoms with Crippen LogP contribution in [0.3, 0.4) is 0 Å². The summed E-state index contributed by atoms with van der Waals surface area (Å²) >= 11 is 3.77. The molecule has 0 saturated carbocycles. The highest BCUT2D eigenvalue weighted by Gasteiger charge is 2.18. The van der Waals surface area contributed by atoms with Crippen LogP contribution in [0.25, 0.3) is 0 Å². The van der Waals surface area contributed by atoms with Crippen LogP contribution in [0.1, 0.15) is 20.8 Å². The van der Waals surface area contributed by atoms with Crippen molar-refractivity contribution >= 4 is 23.5 Å². The van der Waals surface area contributed by atoms with Crippen LogP contribution in [-0.4, -0.2) is 0 Å². The molecule has 0 bridgehead atoms. The van der Waals surface area contributed by atoms with Crippen molar-refractivity contribution in [2.45, 2.75) is 30.6 Å². The smallest absolute Gasteiger partial charge is 0.0465 e. The van der Waals surface area contributed by atoms with Gasteiger partial charge < -0.3 is 0 Å². The molecule has 2 rings (SSSR count). The first kappa shape index (κ1) is 10.2.